The molecule has 144 valence electrons. The number of sulfonamides is 1. The van der Waals surface area contributed by atoms with Crippen molar-refractivity contribution in [1.29, 1.82) is 10.5 Å². The van der Waals surface area contributed by atoms with Crippen molar-refractivity contribution >= 4 is 22.7 Å². The summed E-state index contributed by atoms with van der Waals surface area (Å²) in [6, 6.07) is 18.0. The number of aryl methyl sites for hydroxylation is 1. The van der Waals surface area contributed by atoms with Gasteiger partial charge in [-0.3, -0.25) is 4.79 Å². The Kier molecular flexibility index (Phi) is 5.46. The van der Waals surface area contributed by atoms with Crippen LogP contribution in [0.2, 0.25) is 0 Å². The molecular formula is C20H14N4O3S2. The number of nitriles is 2. The van der Waals surface area contributed by atoms with Crippen molar-refractivity contribution in [3.05, 3.63) is 81.6 Å². The zero-order chi connectivity index (χ0) is 21.2. The molecule has 0 unspecified atom stereocenters. The van der Waals surface area contributed by atoms with E-state index in [1.54, 1.807) is 36.4 Å². The molecule has 1 aromatic heterocycles. The third-order valence-corrected chi connectivity index (χ3v) is 5.92. The Hall–Kier alpha value is -3.53. The van der Waals surface area contributed by atoms with Crippen molar-refractivity contribution in [2.75, 3.05) is 4.83 Å². The molecule has 1 heterocycles. The number of pyridine rings is 1. The molecule has 0 spiro atoms. The van der Waals surface area contributed by atoms with Gasteiger partial charge in [0.1, 0.15) is 22.7 Å². The third kappa shape index (κ3) is 3.74. The monoisotopic (exact) mass is 422 g/mol. The number of hydrogen-bond donors (Lipinski definition) is 2. The predicted molar refractivity (Wildman–Crippen MR) is 111 cm³/mol. The maximum atomic E-state index is 12.9. The summed E-state index contributed by atoms with van der Waals surface area (Å²) in [7, 11) is -4.15. The molecule has 0 saturated heterocycles. The molecule has 3 rings (SSSR count). The van der Waals surface area contributed by atoms with Crippen LogP contribution in [0.3, 0.4) is 0 Å². The second-order valence-electron chi connectivity index (χ2n) is 6.09. The summed E-state index contributed by atoms with van der Waals surface area (Å²) in [4.78, 5) is 14.9. The number of nitrogens with one attached hydrogen (secondary N) is 1. The Morgan fingerprint density at radius 1 is 0.966 bits per heavy atom. The topological polar surface area (TPSA) is 116 Å². The third-order valence-electron chi connectivity index (χ3n) is 4.18. The summed E-state index contributed by atoms with van der Waals surface area (Å²) < 4.78 is 25.9. The van der Waals surface area contributed by atoms with Gasteiger partial charge in [0.15, 0.2) is 0 Å². The molecule has 29 heavy (non-hydrogen) atoms. The van der Waals surface area contributed by atoms with E-state index >= 15 is 0 Å². The number of nitrogens with zero attached hydrogens (tertiary/aromatic N) is 3. The number of thiol groups is 1. The van der Waals surface area contributed by atoms with Crippen molar-refractivity contribution in [1.82, 2.24) is 4.68 Å². The Labute approximate surface area is 172 Å². The molecule has 9 heteroatoms. The van der Waals surface area contributed by atoms with Gasteiger partial charge in [-0.2, -0.15) is 18.9 Å². The highest BCUT2D eigenvalue weighted by atomic mass is 32.2. The van der Waals surface area contributed by atoms with Crippen LogP contribution in [0.5, 0.6) is 0 Å². The molecule has 0 aliphatic heterocycles. The minimum absolute atomic E-state index is 0.0840. The van der Waals surface area contributed by atoms with E-state index in [0.717, 1.165) is 5.56 Å². The lowest BCUT2D eigenvalue weighted by Crippen LogP contribution is -2.36. The van der Waals surface area contributed by atoms with Crippen molar-refractivity contribution < 1.29 is 8.42 Å². The van der Waals surface area contributed by atoms with Crippen LogP contribution in [0.25, 0.3) is 11.1 Å². The predicted octanol–water partition coefficient (Wildman–Crippen LogP) is 2.79. The van der Waals surface area contributed by atoms with Crippen LogP contribution >= 0.6 is 12.6 Å². The highest BCUT2D eigenvalue weighted by Crippen LogP contribution is 2.29. The molecule has 2 aromatic carbocycles. The lowest BCUT2D eigenvalue weighted by Gasteiger charge is -2.17. The molecule has 0 amide bonds. The standard InChI is InChI=1S/C20H14N4O3S2/c1-13-7-9-14(10-8-13)18-16(11-21)19(25)24(20(28)17(18)12-22)23-29(26,27)15-5-3-2-4-6-15/h2-10,23,28H,1H3. The van der Waals surface area contributed by atoms with Crippen molar-refractivity contribution in [2.45, 2.75) is 16.8 Å². The van der Waals surface area contributed by atoms with Gasteiger partial charge in [-0.15, -0.1) is 12.6 Å². The lowest BCUT2D eigenvalue weighted by atomic mass is 9.96. The highest BCUT2D eigenvalue weighted by Gasteiger charge is 2.24. The summed E-state index contributed by atoms with van der Waals surface area (Å²) in [5.74, 6) is 0. The first-order chi connectivity index (χ1) is 13.8. The van der Waals surface area contributed by atoms with Crippen LogP contribution in [-0.4, -0.2) is 13.1 Å². The van der Waals surface area contributed by atoms with Crippen LogP contribution < -0.4 is 10.4 Å². The number of hydrogen-bond acceptors (Lipinski definition) is 6. The van der Waals surface area contributed by atoms with Crippen LogP contribution in [-0.2, 0) is 10.0 Å². The van der Waals surface area contributed by atoms with E-state index in [2.05, 4.69) is 17.5 Å². The van der Waals surface area contributed by atoms with E-state index < -0.39 is 15.6 Å². The second-order valence-corrected chi connectivity index (χ2v) is 8.17. The summed E-state index contributed by atoms with van der Waals surface area (Å²) in [5.41, 5.74) is 0.171. The van der Waals surface area contributed by atoms with E-state index in [0.29, 0.717) is 10.2 Å². The van der Waals surface area contributed by atoms with Crippen molar-refractivity contribution in [3.63, 3.8) is 0 Å². The van der Waals surface area contributed by atoms with Gasteiger partial charge in [0.25, 0.3) is 15.6 Å². The molecule has 7 nitrogen and oxygen atoms in total. The summed E-state index contributed by atoms with van der Waals surface area (Å²) >= 11 is 4.22. The Bertz CT molecular complexity index is 1330. The van der Waals surface area contributed by atoms with Gasteiger partial charge in [0.05, 0.1) is 10.5 Å². The first-order valence-corrected chi connectivity index (χ1v) is 10.2. The van der Waals surface area contributed by atoms with Crippen molar-refractivity contribution in [2.24, 2.45) is 0 Å². The zero-order valence-electron chi connectivity index (χ0n) is 15.1. The van der Waals surface area contributed by atoms with Crippen LogP contribution in [0.1, 0.15) is 16.7 Å². The molecule has 0 aliphatic carbocycles. The van der Waals surface area contributed by atoms with Crippen molar-refractivity contribution in [3.8, 4) is 23.3 Å². The summed E-state index contributed by atoms with van der Waals surface area (Å²) in [6.07, 6.45) is 0. The molecular weight excluding hydrogens is 408 g/mol. The fourth-order valence-corrected chi connectivity index (χ4v) is 4.14. The fourth-order valence-electron chi connectivity index (χ4n) is 2.74. The number of aromatic nitrogens is 1. The molecule has 0 saturated carbocycles. The van der Waals surface area contributed by atoms with Gasteiger partial charge in [-0.05, 0) is 24.6 Å². The first kappa shape index (κ1) is 20.2. The SMILES string of the molecule is Cc1ccc(-c2c(C#N)c(S)n(NS(=O)(=O)c3ccccc3)c(=O)c2C#N)cc1. The molecule has 0 radical (unpaired) electrons. The highest BCUT2D eigenvalue weighted by molar-refractivity contribution is 7.92. The zero-order valence-corrected chi connectivity index (χ0v) is 16.8. The minimum Gasteiger partial charge on any atom is -0.266 e. The van der Waals surface area contributed by atoms with E-state index in [-0.39, 0.29) is 26.6 Å². The Morgan fingerprint density at radius 2 is 1.55 bits per heavy atom. The molecule has 1 N–H and O–H groups in total. The van der Waals surface area contributed by atoms with Crippen LogP contribution in [0, 0.1) is 29.6 Å². The van der Waals surface area contributed by atoms with Gasteiger partial charge in [0, 0.05) is 5.56 Å². The summed E-state index contributed by atoms with van der Waals surface area (Å²) in [6.45, 7) is 1.88. The van der Waals surface area contributed by atoms with Gasteiger partial charge in [0.2, 0.25) is 0 Å². The first-order valence-electron chi connectivity index (χ1n) is 8.27. The van der Waals surface area contributed by atoms with Crippen LogP contribution in [0.4, 0.5) is 0 Å². The van der Waals surface area contributed by atoms with Crippen LogP contribution in [0.15, 0.2) is 69.3 Å². The quantitative estimate of drug-likeness (QED) is 0.627. The normalized spacial score (nSPS) is 10.8. The fraction of sp³-hybridized carbons (Fsp3) is 0.0500. The molecule has 0 atom stereocenters. The number of rotatable bonds is 4. The van der Waals surface area contributed by atoms with E-state index in [1.165, 1.54) is 24.3 Å². The number of benzene rings is 2. The Morgan fingerprint density at radius 3 is 2.10 bits per heavy atom. The maximum absolute atomic E-state index is 12.9. The van der Waals surface area contributed by atoms with Gasteiger partial charge in [-0.25, -0.2) is 9.51 Å². The second kappa shape index (κ2) is 7.84. The van der Waals surface area contributed by atoms with E-state index in [1.807, 2.05) is 13.0 Å². The molecule has 0 fully saturated rings. The smallest absolute Gasteiger partial charge is 0.266 e. The van der Waals surface area contributed by atoms with Gasteiger partial charge >= 0.3 is 0 Å². The molecule has 3 aromatic rings. The molecule has 0 aliphatic rings. The largest absolute Gasteiger partial charge is 0.289 e. The van der Waals surface area contributed by atoms with Gasteiger partial charge < -0.3 is 0 Å². The Balaban J connectivity index is 2.27. The lowest BCUT2D eigenvalue weighted by molar-refractivity contribution is 0.591. The van der Waals surface area contributed by atoms with E-state index in [4.69, 9.17) is 0 Å². The molecule has 0 bridgehead atoms. The average molecular weight is 422 g/mol. The van der Waals surface area contributed by atoms with E-state index in [9.17, 15) is 23.7 Å². The minimum atomic E-state index is -4.15. The van der Waals surface area contributed by atoms with Gasteiger partial charge in [-0.1, -0.05) is 48.0 Å². The summed E-state index contributed by atoms with van der Waals surface area (Å²) in [5, 5.41) is 19.0. The average Bonchev–Trinajstić information content (AvgIpc) is 2.72. The maximum Gasteiger partial charge on any atom is 0.289 e.